The van der Waals surface area contributed by atoms with Crippen LogP contribution in [0.1, 0.15) is 31.2 Å². The number of nitrogens with zero attached hydrogens (tertiary/aromatic N) is 1. The second-order valence-electron chi connectivity index (χ2n) is 7.78. The third-order valence-corrected chi connectivity index (χ3v) is 5.88. The molecule has 3 aliphatic rings. The zero-order valence-corrected chi connectivity index (χ0v) is 15.0. The number of carbonyl (C=O) groups excluding carboxylic acids is 1. The van der Waals surface area contributed by atoms with Crippen LogP contribution in [0.3, 0.4) is 0 Å². The van der Waals surface area contributed by atoms with Crippen molar-refractivity contribution in [2.75, 3.05) is 19.8 Å². The summed E-state index contributed by atoms with van der Waals surface area (Å²) in [6, 6.07) is 6.85. The largest absolute Gasteiger partial charge is 0.341 e. The lowest BCUT2D eigenvalue weighted by molar-refractivity contribution is -0.128. The van der Waals surface area contributed by atoms with Crippen LogP contribution in [0.5, 0.6) is 0 Å². The van der Waals surface area contributed by atoms with Gasteiger partial charge in [0.25, 0.3) is 0 Å². The van der Waals surface area contributed by atoms with E-state index < -0.39 is 0 Å². The van der Waals surface area contributed by atoms with Gasteiger partial charge >= 0.3 is 0 Å². The van der Waals surface area contributed by atoms with Gasteiger partial charge in [-0.1, -0.05) is 12.1 Å². The Kier molecular flexibility index (Phi) is 5.49. The highest BCUT2D eigenvalue weighted by molar-refractivity contribution is 5.79. The molecule has 4 rings (SSSR count). The Labute approximate surface area is 153 Å². The summed E-state index contributed by atoms with van der Waals surface area (Å²) in [7, 11) is 0. The van der Waals surface area contributed by atoms with Crippen molar-refractivity contribution < 1.29 is 9.18 Å². The van der Waals surface area contributed by atoms with Gasteiger partial charge in [-0.25, -0.2) is 15.2 Å². The number of hydrogen-bond acceptors (Lipinski definition) is 5. The maximum absolute atomic E-state index is 13.3. The third-order valence-electron chi connectivity index (χ3n) is 5.88. The van der Waals surface area contributed by atoms with Gasteiger partial charge in [0.2, 0.25) is 5.91 Å². The van der Waals surface area contributed by atoms with Gasteiger partial charge in [0, 0.05) is 19.0 Å². The maximum Gasteiger partial charge on any atom is 0.224 e. The van der Waals surface area contributed by atoms with Crippen molar-refractivity contribution in [1.29, 1.82) is 0 Å². The van der Waals surface area contributed by atoms with Gasteiger partial charge in [-0.3, -0.25) is 15.0 Å². The van der Waals surface area contributed by atoms with Crippen molar-refractivity contribution in [2.45, 2.75) is 44.4 Å². The lowest BCUT2D eigenvalue weighted by Gasteiger charge is -2.35. The molecule has 7 heteroatoms. The van der Waals surface area contributed by atoms with Gasteiger partial charge in [-0.05, 0) is 55.7 Å². The summed E-state index contributed by atoms with van der Waals surface area (Å²) in [6.45, 7) is 2.67. The molecule has 1 aromatic carbocycles. The van der Waals surface area contributed by atoms with E-state index in [0.717, 1.165) is 57.4 Å². The van der Waals surface area contributed by atoms with Crippen LogP contribution >= 0.6 is 0 Å². The van der Waals surface area contributed by atoms with Crippen molar-refractivity contribution in [3.8, 4) is 0 Å². The topological polar surface area (TPSA) is 68.4 Å². The van der Waals surface area contributed by atoms with Gasteiger partial charge in [0.1, 0.15) is 5.82 Å². The predicted octanol–water partition coefficient (Wildman–Crippen LogP) is 0.914. The van der Waals surface area contributed by atoms with E-state index in [9.17, 15) is 9.18 Å². The van der Waals surface area contributed by atoms with Crippen LogP contribution in [0.2, 0.25) is 0 Å². The number of amides is 1. The number of benzene rings is 1. The smallest absolute Gasteiger partial charge is 0.224 e. The maximum atomic E-state index is 13.3. The number of rotatable bonds is 4. The van der Waals surface area contributed by atoms with Crippen molar-refractivity contribution in [2.24, 2.45) is 11.8 Å². The summed E-state index contributed by atoms with van der Waals surface area (Å²) in [5, 5.41) is 6.64. The van der Waals surface area contributed by atoms with Crippen LogP contribution in [-0.2, 0) is 11.2 Å². The van der Waals surface area contributed by atoms with Crippen LogP contribution in [0.15, 0.2) is 24.3 Å². The number of halogens is 1. The molecule has 1 aromatic rings. The summed E-state index contributed by atoms with van der Waals surface area (Å²) in [4.78, 5) is 14.9. The average molecular weight is 361 g/mol. The van der Waals surface area contributed by atoms with Gasteiger partial charge in [0.05, 0.1) is 19.0 Å². The van der Waals surface area contributed by atoms with Crippen LogP contribution in [0.4, 0.5) is 4.39 Å². The fourth-order valence-corrected chi connectivity index (χ4v) is 4.36. The molecule has 3 aliphatic heterocycles. The molecule has 0 spiro atoms. The van der Waals surface area contributed by atoms with E-state index in [-0.39, 0.29) is 30.0 Å². The molecule has 0 aromatic heterocycles. The van der Waals surface area contributed by atoms with Crippen LogP contribution in [-0.4, -0.2) is 42.9 Å². The molecular weight excluding hydrogens is 333 g/mol. The van der Waals surface area contributed by atoms with Crippen LogP contribution in [0, 0.1) is 17.7 Å². The summed E-state index contributed by atoms with van der Waals surface area (Å²) in [6.07, 6.45) is 4.95. The molecule has 3 saturated heterocycles. The molecule has 0 bridgehead atoms. The highest BCUT2D eigenvalue weighted by Gasteiger charge is 2.35. The molecular formula is C19H28FN5O. The molecule has 3 heterocycles. The summed E-state index contributed by atoms with van der Waals surface area (Å²) in [5.41, 5.74) is 7.42. The molecule has 4 unspecified atom stereocenters. The molecule has 0 aliphatic carbocycles. The lowest BCUT2D eigenvalue weighted by atomic mass is 9.90. The molecule has 3 fully saturated rings. The molecule has 4 atom stereocenters. The number of piperidine rings is 2. The van der Waals surface area contributed by atoms with E-state index in [1.54, 1.807) is 12.1 Å². The Morgan fingerprint density at radius 2 is 2.23 bits per heavy atom. The predicted molar refractivity (Wildman–Crippen MR) is 97.1 cm³/mol. The standard InChI is InChI=1S/C19H28FN5O/c20-16-3-1-2-13(9-16)8-14-4-5-17(21-11-14)23-19(26)15-6-7-25-12-22-24-18(25)10-15/h1-3,9,14-15,17-18,21-22,24H,4-8,10-12H2,(H,23,26). The van der Waals surface area contributed by atoms with Crippen molar-refractivity contribution in [3.05, 3.63) is 35.6 Å². The highest BCUT2D eigenvalue weighted by atomic mass is 19.1. The normalized spacial score (nSPS) is 32.2. The Morgan fingerprint density at radius 3 is 3.04 bits per heavy atom. The molecule has 142 valence electrons. The van der Waals surface area contributed by atoms with Crippen molar-refractivity contribution >= 4 is 5.91 Å². The summed E-state index contributed by atoms with van der Waals surface area (Å²) in [5.74, 6) is 0.561. The molecule has 26 heavy (non-hydrogen) atoms. The van der Waals surface area contributed by atoms with E-state index in [1.165, 1.54) is 6.07 Å². The minimum absolute atomic E-state index is 0.0546. The summed E-state index contributed by atoms with van der Waals surface area (Å²) >= 11 is 0. The van der Waals surface area contributed by atoms with Crippen LogP contribution < -0.4 is 21.5 Å². The zero-order valence-electron chi connectivity index (χ0n) is 15.0. The minimum atomic E-state index is -0.172. The van der Waals surface area contributed by atoms with Gasteiger partial charge in [-0.2, -0.15) is 0 Å². The second kappa shape index (κ2) is 8.00. The van der Waals surface area contributed by atoms with E-state index in [2.05, 4.69) is 26.4 Å². The fraction of sp³-hybridized carbons (Fsp3) is 0.632. The second-order valence-corrected chi connectivity index (χ2v) is 7.78. The molecule has 0 radical (unpaired) electrons. The van der Waals surface area contributed by atoms with E-state index in [4.69, 9.17) is 0 Å². The third kappa shape index (κ3) is 4.23. The SMILES string of the molecule is O=C(NC1CCC(Cc2cccc(F)c2)CN1)C1CCN2CNNC2C1. The Bertz CT molecular complexity index is 634. The number of nitrogens with one attached hydrogen (secondary N) is 4. The van der Waals surface area contributed by atoms with Gasteiger partial charge in [-0.15, -0.1) is 0 Å². The molecule has 0 saturated carbocycles. The van der Waals surface area contributed by atoms with Crippen molar-refractivity contribution in [1.82, 2.24) is 26.4 Å². The number of carbonyl (C=O) groups is 1. The fourth-order valence-electron chi connectivity index (χ4n) is 4.36. The minimum Gasteiger partial charge on any atom is -0.341 e. The quantitative estimate of drug-likeness (QED) is 0.642. The van der Waals surface area contributed by atoms with Crippen molar-refractivity contribution in [3.63, 3.8) is 0 Å². The molecule has 6 nitrogen and oxygen atoms in total. The average Bonchev–Trinajstić information content (AvgIpc) is 3.11. The Hall–Kier alpha value is -1.54. The molecule has 1 amide bonds. The first kappa shape index (κ1) is 17.9. The molecule has 4 N–H and O–H groups in total. The number of hydrogen-bond donors (Lipinski definition) is 4. The number of fused-ring (bicyclic) bond motifs is 1. The highest BCUT2D eigenvalue weighted by Crippen LogP contribution is 2.24. The first-order valence-corrected chi connectivity index (χ1v) is 9.68. The van der Waals surface area contributed by atoms with E-state index in [0.29, 0.717) is 5.92 Å². The van der Waals surface area contributed by atoms with E-state index in [1.807, 2.05) is 6.07 Å². The zero-order chi connectivity index (χ0) is 17.9. The van der Waals surface area contributed by atoms with Gasteiger partial charge in [0.15, 0.2) is 0 Å². The van der Waals surface area contributed by atoms with E-state index >= 15 is 0 Å². The number of hydrazine groups is 1. The van der Waals surface area contributed by atoms with Crippen LogP contribution in [0.25, 0.3) is 0 Å². The Balaban J connectivity index is 1.21. The lowest BCUT2D eigenvalue weighted by Crippen LogP contribution is -2.54. The first-order chi connectivity index (χ1) is 12.7. The Morgan fingerprint density at radius 1 is 1.31 bits per heavy atom. The first-order valence-electron chi connectivity index (χ1n) is 9.68. The van der Waals surface area contributed by atoms with Gasteiger partial charge < -0.3 is 5.32 Å². The summed E-state index contributed by atoms with van der Waals surface area (Å²) < 4.78 is 13.3. The monoisotopic (exact) mass is 361 g/mol.